The minimum Gasteiger partial charge on any atom is -0.479 e. The Morgan fingerprint density at radius 2 is 2.05 bits per heavy atom. The number of hydrogen-bond acceptors (Lipinski definition) is 8. The average Bonchev–Trinajstić information content (AvgIpc) is 3.01. The van der Waals surface area contributed by atoms with Crippen molar-refractivity contribution in [3.05, 3.63) is 12.7 Å². The first-order valence-corrected chi connectivity index (χ1v) is 6.45. The fraction of sp³-hybridized carbons (Fsp3) is 0.583. The molecule has 1 unspecified atom stereocenters. The Kier molecular flexibility index (Phi) is 3.49. The van der Waals surface area contributed by atoms with Crippen LogP contribution in [-0.4, -0.2) is 66.4 Å². The van der Waals surface area contributed by atoms with Gasteiger partial charge in [0.15, 0.2) is 17.4 Å². The summed E-state index contributed by atoms with van der Waals surface area (Å²) >= 11 is 0. The van der Waals surface area contributed by atoms with E-state index in [1.807, 2.05) is 0 Å². The van der Waals surface area contributed by atoms with Crippen LogP contribution in [0, 0.1) is 0 Å². The average molecular weight is 296 g/mol. The van der Waals surface area contributed by atoms with Crippen LogP contribution in [0.3, 0.4) is 0 Å². The van der Waals surface area contributed by atoms with Gasteiger partial charge in [-0.15, -0.1) is 0 Å². The smallest absolute Gasteiger partial charge is 0.245 e. The lowest BCUT2D eigenvalue weighted by Crippen LogP contribution is -2.37. The molecule has 2 aromatic heterocycles. The molecule has 1 aliphatic rings. The number of hydrogen-bond donors (Lipinski definition) is 3. The van der Waals surface area contributed by atoms with Crippen molar-refractivity contribution in [2.24, 2.45) is 0 Å². The summed E-state index contributed by atoms with van der Waals surface area (Å²) < 4.78 is 12.1. The molecule has 3 heterocycles. The summed E-state index contributed by atoms with van der Waals surface area (Å²) in [6.07, 6.45) is -2.37. The van der Waals surface area contributed by atoms with Gasteiger partial charge in [-0.05, 0) is 6.92 Å². The lowest BCUT2D eigenvalue weighted by Gasteiger charge is -2.17. The summed E-state index contributed by atoms with van der Waals surface area (Å²) in [5.74, 6) is 0.305. The maximum atomic E-state index is 10.1. The third-order valence-corrected chi connectivity index (χ3v) is 3.54. The van der Waals surface area contributed by atoms with Crippen LogP contribution in [0.5, 0.6) is 5.88 Å². The van der Waals surface area contributed by atoms with E-state index in [0.717, 1.165) is 0 Å². The van der Waals surface area contributed by atoms with Gasteiger partial charge in [0.1, 0.15) is 24.6 Å². The predicted octanol–water partition coefficient (Wildman–Crippen LogP) is -1.17. The molecule has 9 heteroatoms. The van der Waals surface area contributed by atoms with E-state index < -0.39 is 30.6 Å². The molecule has 2 aromatic rings. The summed E-state index contributed by atoms with van der Waals surface area (Å²) in [7, 11) is 1.47. The predicted molar refractivity (Wildman–Crippen MR) is 69.5 cm³/mol. The van der Waals surface area contributed by atoms with Crippen molar-refractivity contribution in [3.63, 3.8) is 0 Å². The Hall–Kier alpha value is -1.81. The Bertz CT molecular complexity index is 646. The van der Waals surface area contributed by atoms with E-state index in [-0.39, 0.29) is 0 Å². The molecule has 5 atom stereocenters. The highest BCUT2D eigenvalue weighted by Gasteiger charge is 2.46. The molecule has 114 valence electrons. The van der Waals surface area contributed by atoms with Crippen LogP contribution in [0.15, 0.2) is 12.7 Å². The zero-order valence-corrected chi connectivity index (χ0v) is 11.5. The van der Waals surface area contributed by atoms with Gasteiger partial charge < -0.3 is 24.8 Å². The van der Waals surface area contributed by atoms with E-state index in [2.05, 4.69) is 15.0 Å². The minimum absolute atomic E-state index is 0.305. The molecule has 0 radical (unpaired) electrons. The fourth-order valence-corrected chi connectivity index (χ4v) is 2.48. The van der Waals surface area contributed by atoms with Gasteiger partial charge in [0.05, 0.1) is 19.5 Å². The molecular weight excluding hydrogens is 280 g/mol. The van der Waals surface area contributed by atoms with Crippen LogP contribution in [0.2, 0.25) is 0 Å². The van der Waals surface area contributed by atoms with E-state index in [0.29, 0.717) is 17.0 Å². The van der Waals surface area contributed by atoms with Crippen molar-refractivity contribution in [1.82, 2.24) is 19.5 Å². The van der Waals surface area contributed by atoms with Gasteiger partial charge in [-0.25, -0.2) is 9.97 Å². The third kappa shape index (κ3) is 2.14. The van der Waals surface area contributed by atoms with E-state index in [1.54, 1.807) is 0 Å². The largest absolute Gasteiger partial charge is 0.479 e. The number of methoxy groups -OCH3 is 1. The van der Waals surface area contributed by atoms with E-state index in [1.165, 1.54) is 31.3 Å². The van der Waals surface area contributed by atoms with Crippen molar-refractivity contribution in [2.45, 2.75) is 37.6 Å². The maximum Gasteiger partial charge on any atom is 0.245 e. The summed E-state index contributed by atoms with van der Waals surface area (Å²) in [5.41, 5.74) is 0.829. The molecule has 21 heavy (non-hydrogen) atoms. The maximum absolute atomic E-state index is 10.1. The standard InChI is InChI=1S/C12H16N4O5/c1-5(17)9-7(18)8(19)12(21-9)16-4-15-6-10(16)13-3-14-11(6)20-2/h3-5,7-9,12,17-19H,1-2H3/t5-,7?,8+,9-,12-/m1/s1. The van der Waals surface area contributed by atoms with Crippen molar-refractivity contribution in [1.29, 1.82) is 0 Å². The Labute approximate surface area is 119 Å². The number of aliphatic hydroxyl groups is 3. The lowest BCUT2D eigenvalue weighted by atomic mass is 10.1. The number of aliphatic hydroxyl groups excluding tert-OH is 3. The van der Waals surface area contributed by atoms with Gasteiger partial charge in [-0.1, -0.05) is 0 Å². The number of nitrogens with zero attached hydrogens (tertiary/aromatic N) is 4. The molecule has 0 aliphatic carbocycles. The molecule has 9 nitrogen and oxygen atoms in total. The van der Waals surface area contributed by atoms with Crippen molar-refractivity contribution >= 4 is 11.2 Å². The molecule has 0 amide bonds. The van der Waals surface area contributed by atoms with Gasteiger partial charge >= 0.3 is 0 Å². The minimum atomic E-state index is -1.21. The molecule has 0 spiro atoms. The van der Waals surface area contributed by atoms with Gasteiger partial charge in [0.25, 0.3) is 0 Å². The summed E-state index contributed by atoms with van der Waals surface area (Å²) in [6, 6.07) is 0. The number of rotatable bonds is 3. The normalized spacial score (nSPS) is 30.7. The van der Waals surface area contributed by atoms with E-state index in [4.69, 9.17) is 9.47 Å². The molecule has 1 aliphatic heterocycles. The van der Waals surface area contributed by atoms with Crippen LogP contribution in [0.25, 0.3) is 11.2 Å². The first-order chi connectivity index (χ1) is 10.0. The van der Waals surface area contributed by atoms with E-state index >= 15 is 0 Å². The Morgan fingerprint density at radius 3 is 2.67 bits per heavy atom. The first kappa shape index (κ1) is 14.1. The second kappa shape index (κ2) is 5.19. The van der Waals surface area contributed by atoms with Crippen LogP contribution in [0.4, 0.5) is 0 Å². The monoisotopic (exact) mass is 296 g/mol. The zero-order valence-electron chi connectivity index (χ0n) is 11.5. The quantitative estimate of drug-likeness (QED) is 0.648. The summed E-state index contributed by atoms with van der Waals surface area (Å²) in [5, 5.41) is 29.7. The van der Waals surface area contributed by atoms with E-state index in [9.17, 15) is 15.3 Å². The van der Waals surface area contributed by atoms with Crippen LogP contribution in [-0.2, 0) is 4.74 Å². The molecule has 1 fully saturated rings. The molecular formula is C12H16N4O5. The molecule has 3 rings (SSSR count). The third-order valence-electron chi connectivity index (χ3n) is 3.54. The van der Waals surface area contributed by atoms with Gasteiger partial charge in [0.2, 0.25) is 5.88 Å². The highest BCUT2D eigenvalue weighted by Crippen LogP contribution is 2.33. The number of imidazole rings is 1. The van der Waals surface area contributed by atoms with Crippen LogP contribution < -0.4 is 4.74 Å². The zero-order chi connectivity index (χ0) is 15.1. The molecule has 0 bridgehead atoms. The van der Waals surface area contributed by atoms with Crippen LogP contribution >= 0.6 is 0 Å². The van der Waals surface area contributed by atoms with Gasteiger partial charge in [0, 0.05) is 0 Å². The lowest BCUT2D eigenvalue weighted by molar-refractivity contribution is -0.0777. The van der Waals surface area contributed by atoms with Gasteiger partial charge in [-0.2, -0.15) is 4.98 Å². The Morgan fingerprint density at radius 1 is 1.29 bits per heavy atom. The second-order valence-corrected chi connectivity index (χ2v) is 4.92. The van der Waals surface area contributed by atoms with Gasteiger partial charge in [-0.3, -0.25) is 4.57 Å². The second-order valence-electron chi connectivity index (χ2n) is 4.92. The summed E-state index contributed by atoms with van der Waals surface area (Å²) in [6.45, 7) is 1.49. The number of ether oxygens (including phenoxy) is 2. The Balaban J connectivity index is 2.02. The van der Waals surface area contributed by atoms with Crippen molar-refractivity contribution in [2.75, 3.05) is 7.11 Å². The highest BCUT2D eigenvalue weighted by atomic mass is 16.6. The number of aromatic nitrogens is 4. The van der Waals surface area contributed by atoms with Crippen molar-refractivity contribution < 1.29 is 24.8 Å². The SMILES string of the molecule is COc1ncnc2c1ncn2[C@@H]1O[C@H]([C@@H](C)O)C(O)[C@@H]1O. The molecule has 0 aromatic carbocycles. The van der Waals surface area contributed by atoms with Crippen molar-refractivity contribution in [3.8, 4) is 5.88 Å². The first-order valence-electron chi connectivity index (χ1n) is 6.45. The summed E-state index contributed by atoms with van der Waals surface area (Å²) in [4.78, 5) is 12.2. The highest BCUT2D eigenvalue weighted by molar-refractivity contribution is 5.76. The molecule has 3 N–H and O–H groups in total. The topological polar surface area (TPSA) is 123 Å². The number of fused-ring (bicyclic) bond motifs is 1. The molecule has 0 saturated carbocycles. The molecule has 1 saturated heterocycles. The fourth-order valence-electron chi connectivity index (χ4n) is 2.48. The van der Waals surface area contributed by atoms with Crippen LogP contribution in [0.1, 0.15) is 13.2 Å².